The van der Waals surface area contributed by atoms with Crippen LogP contribution in [0.15, 0.2) is 0 Å². The van der Waals surface area contributed by atoms with Crippen molar-refractivity contribution in [3.8, 4) is 0 Å². The van der Waals surface area contributed by atoms with Gasteiger partial charge < -0.3 is 4.74 Å². The third-order valence-electron chi connectivity index (χ3n) is 1.63. The van der Waals surface area contributed by atoms with Crippen molar-refractivity contribution in [1.29, 1.82) is 0 Å². The number of alkyl halides is 1. The van der Waals surface area contributed by atoms with Crippen LogP contribution in [0.3, 0.4) is 0 Å². The maximum atomic E-state index is 10.9. The average Bonchev–Trinajstić information content (AvgIpc) is 2.00. The van der Waals surface area contributed by atoms with Gasteiger partial charge in [-0.15, -0.1) is 0 Å². The Hall–Kier alpha value is -0.0500. The van der Waals surface area contributed by atoms with E-state index >= 15 is 0 Å². The molecule has 0 aromatic rings. The van der Waals surface area contributed by atoms with E-state index in [0.29, 0.717) is 0 Å². The number of unbranched alkanes of at least 4 members (excludes halogenated alkanes) is 1. The van der Waals surface area contributed by atoms with Crippen LogP contribution in [-0.2, 0) is 9.53 Å². The van der Waals surface area contributed by atoms with Crippen LogP contribution in [0.4, 0.5) is 0 Å². The van der Waals surface area contributed by atoms with Gasteiger partial charge in [-0.2, -0.15) is 0 Å². The van der Waals surface area contributed by atoms with Crippen LogP contribution in [-0.4, -0.2) is 16.9 Å². The second-order valence-electron chi connectivity index (χ2n) is 3.47. The molecule has 0 aromatic carbocycles. The van der Waals surface area contributed by atoms with Gasteiger partial charge in [0, 0.05) is 0 Å². The van der Waals surface area contributed by atoms with E-state index in [1.54, 1.807) is 0 Å². The predicted molar refractivity (Wildman–Crippen MR) is 53.5 cm³/mol. The SMILES string of the molecule is CCCCC(C)(C)OC(=O)CBr. The zero-order valence-electron chi connectivity index (χ0n) is 8.02. The number of hydrogen-bond acceptors (Lipinski definition) is 2. The number of hydrogen-bond donors (Lipinski definition) is 0. The number of esters is 1. The van der Waals surface area contributed by atoms with Gasteiger partial charge in [0.2, 0.25) is 0 Å². The molecule has 12 heavy (non-hydrogen) atoms. The first-order valence-corrected chi connectivity index (χ1v) is 5.42. The van der Waals surface area contributed by atoms with Crippen LogP contribution in [0.5, 0.6) is 0 Å². The molecule has 0 N–H and O–H groups in total. The van der Waals surface area contributed by atoms with Gasteiger partial charge in [0.15, 0.2) is 0 Å². The van der Waals surface area contributed by atoms with Gasteiger partial charge in [0.05, 0.1) is 0 Å². The molecule has 72 valence electrons. The topological polar surface area (TPSA) is 26.3 Å². The lowest BCUT2D eigenvalue weighted by atomic mass is 10.0. The van der Waals surface area contributed by atoms with Crippen molar-refractivity contribution < 1.29 is 9.53 Å². The first kappa shape index (κ1) is 11.9. The largest absolute Gasteiger partial charge is 0.459 e. The van der Waals surface area contributed by atoms with Gasteiger partial charge in [-0.3, -0.25) is 4.79 Å². The Bertz CT molecular complexity index is 143. The van der Waals surface area contributed by atoms with E-state index in [1.165, 1.54) is 0 Å². The van der Waals surface area contributed by atoms with Crippen molar-refractivity contribution >= 4 is 21.9 Å². The fourth-order valence-corrected chi connectivity index (χ4v) is 1.10. The second-order valence-corrected chi connectivity index (χ2v) is 4.03. The lowest BCUT2D eigenvalue weighted by molar-refractivity contribution is -0.153. The quantitative estimate of drug-likeness (QED) is 0.542. The smallest absolute Gasteiger partial charge is 0.317 e. The Kier molecular flexibility index (Phi) is 5.55. The average molecular weight is 237 g/mol. The summed E-state index contributed by atoms with van der Waals surface area (Å²) in [6.45, 7) is 6.02. The van der Waals surface area contributed by atoms with Crippen LogP contribution in [0.25, 0.3) is 0 Å². The minimum absolute atomic E-state index is 0.184. The fraction of sp³-hybridized carbons (Fsp3) is 0.889. The molecule has 0 bridgehead atoms. The van der Waals surface area contributed by atoms with E-state index in [1.807, 2.05) is 13.8 Å². The summed E-state index contributed by atoms with van der Waals surface area (Å²) < 4.78 is 5.20. The molecule has 0 spiro atoms. The molecule has 0 saturated carbocycles. The molecule has 0 rings (SSSR count). The Labute approximate surface area is 82.8 Å². The summed E-state index contributed by atoms with van der Waals surface area (Å²) in [5.41, 5.74) is -0.305. The van der Waals surface area contributed by atoms with E-state index in [2.05, 4.69) is 22.9 Å². The number of rotatable bonds is 5. The Morgan fingerprint density at radius 1 is 1.50 bits per heavy atom. The highest BCUT2D eigenvalue weighted by molar-refractivity contribution is 9.09. The molecule has 0 radical (unpaired) electrons. The molecule has 0 fully saturated rings. The van der Waals surface area contributed by atoms with E-state index in [4.69, 9.17) is 4.74 Å². The third-order valence-corrected chi connectivity index (χ3v) is 2.09. The molecular formula is C9H17BrO2. The monoisotopic (exact) mass is 236 g/mol. The van der Waals surface area contributed by atoms with Crippen LogP contribution in [0, 0.1) is 0 Å². The molecule has 0 saturated heterocycles. The summed E-state index contributed by atoms with van der Waals surface area (Å²) in [4.78, 5) is 10.9. The first-order chi connectivity index (χ1) is 5.52. The van der Waals surface area contributed by atoms with Crippen LogP contribution in [0.2, 0.25) is 0 Å². The summed E-state index contributed by atoms with van der Waals surface area (Å²) in [7, 11) is 0. The Morgan fingerprint density at radius 2 is 2.08 bits per heavy atom. The van der Waals surface area contributed by atoms with Gasteiger partial charge >= 0.3 is 5.97 Å². The van der Waals surface area contributed by atoms with Crippen LogP contribution < -0.4 is 0 Å². The maximum Gasteiger partial charge on any atom is 0.317 e. The minimum Gasteiger partial charge on any atom is -0.459 e. The summed E-state index contributed by atoms with van der Waals surface area (Å²) in [6.07, 6.45) is 3.17. The van der Waals surface area contributed by atoms with Crippen molar-refractivity contribution in [2.24, 2.45) is 0 Å². The summed E-state index contributed by atoms with van der Waals surface area (Å²) in [5, 5.41) is 0.280. The summed E-state index contributed by atoms with van der Waals surface area (Å²) in [5.74, 6) is -0.184. The van der Waals surface area contributed by atoms with Crippen molar-refractivity contribution in [3.63, 3.8) is 0 Å². The third kappa shape index (κ3) is 5.58. The van der Waals surface area contributed by atoms with Gasteiger partial charge in [-0.1, -0.05) is 29.3 Å². The maximum absolute atomic E-state index is 10.9. The highest BCUT2D eigenvalue weighted by Crippen LogP contribution is 2.18. The summed E-state index contributed by atoms with van der Waals surface area (Å²) in [6, 6.07) is 0. The van der Waals surface area contributed by atoms with E-state index in [0.717, 1.165) is 19.3 Å². The minimum atomic E-state index is -0.305. The second kappa shape index (κ2) is 5.57. The van der Waals surface area contributed by atoms with E-state index < -0.39 is 0 Å². The molecule has 0 aromatic heterocycles. The highest BCUT2D eigenvalue weighted by Gasteiger charge is 2.21. The summed E-state index contributed by atoms with van der Waals surface area (Å²) >= 11 is 3.06. The zero-order chi connectivity index (χ0) is 9.61. The molecule has 0 aliphatic heterocycles. The number of ether oxygens (including phenoxy) is 1. The van der Waals surface area contributed by atoms with Gasteiger partial charge in [-0.25, -0.2) is 0 Å². The molecule has 0 aliphatic rings. The van der Waals surface area contributed by atoms with E-state index in [-0.39, 0.29) is 16.9 Å². The highest BCUT2D eigenvalue weighted by atomic mass is 79.9. The molecule has 0 heterocycles. The number of carbonyl (C=O) groups excluding carboxylic acids is 1. The van der Waals surface area contributed by atoms with Gasteiger partial charge in [-0.05, 0) is 26.7 Å². The predicted octanol–water partition coefficient (Wildman–Crippen LogP) is 2.89. The standard InChI is InChI=1S/C9H17BrO2/c1-4-5-6-9(2,3)12-8(11)7-10/h4-7H2,1-3H3. The normalized spacial score (nSPS) is 11.3. The van der Waals surface area contributed by atoms with Gasteiger partial charge in [0.1, 0.15) is 10.9 Å². The molecule has 0 unspecified atom stereocenters. The molecule has 2 nitrogen and oxygen atoms in total. The lowest BCUT2D eigenvalue weighted by Crippen LogP contribution is -2.28. The lowest BCUT2D eigenvalue weighted by Gasteiger charge is -2.24. The molecule has 0 aliphatic carbocycles. The Morgan fingerprint density at radius 3 is 2.50 bits per heavy atom. The van der Waals surface area contributed by atoms with Crippen molar-refractivity contribution in [2.75, 3.05) is 5.33 Å². The fourth-order valence-electron chi connectivity index (χ4n) is 0.989. The Balaban J connectivity index is 3.77. The molecule has 3 heteroatoms. The molecular weight excluding hydrogens is 220 g/mol. The first-order valence-electron chi connectivity index (χ1n) is 4.29. The van der Waals surface area contributed by atoms with E-state index in [9.17, 15) is 4.79 Å². The van der Waals surface area contributed by atoms with Crippen molar-refractivity contribution in [2.45, 2.75) is 45.6 Å². The number of carbonyl (C=O) groups is 1. The van der Waals surface area contributed by atoms with Crippen LogP contribution in [0.1, 0.15) is 40.0 Å². The van der Waals surface area contributed by atoms with Crippen molar-refractivity contribution in [3.05, 3.63) is 0 Å². The zero-order valence-corrected chi connectivity index (χ0v) is 9.61. The molecule has 0 atom stereocenters. The number of halogens is 1. The molecule has 0 amide bonds. The van der Waals surface area contributed by atoms with Crippen molar-refractivity contribution in [1.82, 2.24) is 0 Å². The van der Waals surface area contributed by atoms with Gasteiger partial charge in [0.25, 0.3) is 0 Å². The van der Waals surface area contributed by atoms with Crippen LogP contribution >= 0.6 is 15.9 Å².